The fourth-order valence-corrected chi connectivity index (χ4v) is 10.3. The van der Waals surface area contributed by atoms with E-state index in [0.717, 1.165) is 12.8 Å². The lowest BCUT2D eigenvalue weighted by atomic mass is 9.94. The first-order valence-electron chi connectivity index (χ1n) is 15.3. The minimum atomic E-state index is -4.00. The number of rotatable bonds is 9. The number of hydrogen-bond donors (Lipinski definition) is 2. The molecule has 47 heavy (non-hydrogen) atoms. The number of nitrogens with one attached hydrogen (secondary N) is 1. The lowest BCUT2D eigenvalue weighted by molar-refractivity contribution is -0.141. The Morgan fingerprint density at radius 1 is 0.787 bits per heavy atom. The normalized spacial score (nSPS) is 23.0. The molecule has 0 radical (unpaired) electrons. The standard InChI is InChI=1S/C31H38N4O10S2/c1-18-9-19(2)14-34(13-18)46(40,41)22-5-7-24-26(11-22)29(32-39)27-12-23(47(42,43)35-15-20(3)10-21(4)16-35)6-8-25(27)30(24)33-45-31(38)44-17-28(36)37/h5-8,11-12,18-21,33H,9-10,13-17H2,1-4H3,(H,36,37)/t18-,19+,20-,21+. The molecule has 2 heterocycles. The van der Waals surface area contributed by atoms with Gasteiger partial charge in [0.15, 0.2) is 6.61 Å². The summed E-state index contributed by atoms with van der Waals surface area (Å²) < 4.78 is 62.6. The Labute approximate surface area is 273 Å². The van der Waals surface area contributed by atoms with Crippen LogP contribution in [0.3, 0.4) is 0 Å². The number of carbonyl (C=O) groups is 2. The first kappa shape index (κ1) is 34.5. The molecule has 0 saturated carbocycles. The fraction of sp³-hybridized carbons (Fsp3) is 0.484. The molecule has 2 fully saturated rings. The maximum atomic E-state index is 13.8. The second-order valence-electron chi connectivity index (χ2n) is 12.9. The highest BCUT2D eigenvalue weighted by atomic mass is 32.2. The van der Waals surface area contributed by atoms with Crippen LogP contribution in [0.15, 0.2) is 51.4 Å². The van der Waals surface area contributed by atoms with E-state index in [9.17, 15) is 31.3 Å². The second kappa shape index (κ2) is 13.3. The van der Waals surface area contributed by atoms with E-state index in [2.05, 4.69) is 15.4 Å². The first-order chi connectivity index (χ1) is 22.1. The summed E-state index contributed by atoms with van der Waals surface area (Å²) in [6.45, 7) is 8.28. The van der Waals surface area contributed by atoms with E-state index < -0.39 is 38.8 Å². The minimum absolute atomic E-state index is 0.0615. The van der Waals surface area contributed by atoms with Crippen LogP contribution < -0.4 is 5.48 Å². The van der Waals surface area contributed by atoms with E-state index in [1.54, 1.807) is 0 Å². The molecular weight excluding hydrogens is 652 g/mol. The van der Waals surface area contributed by atoms with Crippen molar-refractivity contribution in [2.45, 2.75) is 50.3 Å². The quantitative estimate of drug-likeness (QED) is 0.128. The molecule has 0 aliphatic carbocycles. The molecule has 0 aromatic heterocycles. The number of carboxylic acids is 1. The lowest BCUT2D eigenvalue weighted by Crippen LogP contribution is -2.42. The van der Waals surface area contributed by atoms with Crippen LogP contribution in [0.4, 0.5) is 16.2 Å². The van der Waals surface area contributed by atoms with Gasteiger partial charge in [-0.3, -0.25) is 0 Å². The third-order valence-electron chi connectivity index (χ3n) is 8.62. The number of carbonyl (C=O) groups excluding carboxylic acids is 1. The third kappa shape index (κ3) is 7.05. The topological polar surface area (TPSA) is 189 Å². The molecule has 3 aromatic rings. The number of hydrogen-bond acceptors (Lipinski definition) is 11. The molecule has 4 atom stereocenters. The lowest BCUT2D eigenvalue weighted by Gasteiger charge is -2.34. The third-order valence-corrected chi connectivity index (χ3v) is 12.3. The molecule has 0 bridgehead atoms. The first-order valence-corrected chi connectivity index (χ1v) is 18.2. The smallest absolute Gasteiger partial charge is 0.479 e. The molecule has 254 valence electrons. The van der Waals surface area contributed by atoms with Crippen LogP contribution in [0.1, 0.15) is 40.5 Å². The Balaban J connectivity index is 1.67. The van der Waals surface area contributed by atoms with E-state index in [0.29, 0.717) is 26.2 Å². The summed E-state index contributed by atoms with van der Waals surface area (Å²) in [6.07, 6.45) is 0.407. The monoisotopic (exact) mass is 690 g/mol. The van der Waals surface area contributed by atoms with Crippen LogP contribution >= 0.6 is 0 Å². The van der Waals surface area contributed by atoms with Crippen molar-refractivity contribution in [3.8, 4) is 0 Å². The van der Waals surface area contributed by atoms with Gasteiger partial charge < -0.3 is 14.7 Å². The zero-order chi connectivity index (χ0) is 34.3. The van der Waals surface area contributed by atoms with E-state index in [-0.39, 0.29) is 66.4 Å². The molecule has 3 aromatic carbocycles. The molecule has 2 aliphatic rings. The number of nitrogens with zero attached hydrogens (tertiary/aromatic N) is 3. The predicted octanol–water partition coefficient (Wildman–Crippen LogP) is 5.29. The molecule has 2 aliphatic heterocycles. The van der Waals surface area contributed by atoms with E-state index in [1.807, 2.05) is 27.7 Å². The summed E-state index contributed by atoms with van der Waals surface area (Å²) >= 11 is 0. The highest BCUT2D eigenvalue weighted by Gasteiger charge is 2.34. The van der Waals surface area contributed by atoms with Crippen LogP contribution in [0, 0.1) is 28.6 Å². The van der Waals surface area contributed by atoms with Gasteiger partial charge in [0, 0.05) is 47.7 Å². The number of sulfonamides is 2. The summed E-state index contributed by atoms with van der Waals surface area (Å²) in [5.41, 5.74) is 2.31. The number of aliphatic carboxylic acids is 1. The van der Waals surface area contributed by atoms with Crippen molar-refractivity contribution in [2.24, 2.45) is 28.8 Å². The molecule has 5 rings (SSSR count). The average molecular weight is 691 g/mol. The Morgan fingerprint density at radius 3 is 1.60 bits per heavy atom. The van der Waals surface area contributed by atoms with Crippen molar-refractivity contribution in [1.29, 1.82) is 0 Å². The fourth-order valence-electron chi connectivity index (χ4n) is 6.84. The molecular formula is C31H38N4O10S2. The molecule has 2 saturated heterocycles. The van der Waals surface area contributed by atoms with Crippen molar-refractivity contribution in [2.75, 3.05) is 38.3 Å². The van der Waals surface area contributed by atoms with Gasteiger partial charge in [-0.2, -0.15) is 8.61 Å². The number of ether oxygens (including phenoxy) is 1. The van der Waals surface area contributed by atoms with E-state index in [4.69, 9.17) is 9.94 Å². The number of nitroso groups, excluding NO2 is 1. The average Bonchev–Trinajstić information content (AvgIpc) is 3.00. The van der Waals surface area contributed by atoms with E-state index >= 15 is 0 Å². The second-order valence-corrected chi connectivity index (χ2v) is 16.8. The van der Waals surface area contributed by atoms with Crippen molar-refractivity contribution in [3.05, 3.63) is 41.3 Å². The van der Waals surface area contributed by atoms with Crippen LogP contribution in [0.5, 0.6) is 0 Å². The van der Waals surface area contributed by atoms with Crippen LogP contribution in [0.25, 0.3) is 21.5 Å². The Kier molecular flexibility index (Phi) is 9.78. The summed E-state index contributed by atoms with van der Waals surface area (Å²) in [6, 6.07) is 8.20. The van der Waals surface area contributed by atoms with Gasteiger partial charge in [-0.05, 0) is 66.0 Å². The van der Waals surface area contributed by atoms with Crippen molar-refractivity contribution < 1.29 is 41.1 Å². The molecule has 0 unspecified atom stereocenters. The number of carboxylic acid groups (broad SMARTS) is 1. The van der Waals surface area contributed by atoms with Gasteiger partial charge in [-0.25, -0.2) is 31.9 Å². The highest BCUT2D eigenvalue weighted by molar-refractivity contribution is 7.89. The molecule has 14 nitrogen and oxygen atoms in total. The number of anilines is 1. The highest BCUT2D eigenvalue weighted by Crippen LogP contribution is 2.44. The van der Waals surface area contributed by atoms with Crippen LogP contribution in [0.2, 0.25) is 0 Å². The largest absolute Gasteiger partial charge is 0.533 e. The number of benzene rings is 3. The minimum Gasteiger partial charge on any atom is -0.479 e. The number of piperidine rings is 2. The molecule has 0 amide bonds. The maximum absolute atomic E-state index is 13.8. The Hall–Kier alpha value is -3.86. The SMILES string of the molecule is C[C@@H]1C[C@H](C)CN(S(=O)(=O)c2ccc3c(NOC(=O)OCC(=O)O)c4ccc(S(=O)(=O)N5C[C@H](C)C[C@H](C)C5)cc4c(N=O)c3c2)C1. The van der Waals surface area contributed by atoms with Crippen LogP contribution in [-0.4, -0.2) is 75.5 Å². The van der Waals surface area contributed by atoms with Gasteiger partial charge in [0.2, 0.25) is 20.0 Å². The Bertz CT molecular complexity index is 1810. The zero-order valence-corrected chi connectivity index (χ0v) is 28.1. The van der Waals surface area contributed by atoms with Crippen molar-refractivity contribution in [1.82, 2.24) is 8.61 Å². The molecule has 0 spiro atoms. The van der Waals surface area contributed by atoms with Crippen molar-refractivity contribution >= 4 is 65.1 Å². The summed E-state index contributed by atoms with van der Waals surface area (Å²) in [5, 5.41) is 12.6. The Morgan fingerprint density at radius 2 is 1.21 bits per heavy atom. The molecule has 2 N–H and O–H groups in total. The summed E-state index contributed by atoms with van der Waals surface area (Å²) in [7, 11) is -8.00. The van der Waals surface area contributed by atoms with Gasteiger partial charge in [-0.15, -0.1) is 4.91 Å². The summed E-state index contributed by atoms with van der Waals surface area (Å²) in [5.74, 6) is -0.831. The number of fused-ring (bicyclic) bond motifs is 2. The van der Waals surface area contributed by atoms with E-state index in [1.165, 1.54) is 45.0 Å². The predicted molar refractivity (Wildman–Crippen MR) is 174 cm³/mol. The van der Waals surface area contributed by atoms with Gasteiger partial charge in [-0.1, -0.05) is 39.8 Å². The van der Waals surface area contributed by atoms with Gasteiger partial charge in [0.25, 0.3) is 0 Å². The maximum Gasteiger partial charge on any atom is 0.533 e. The van der Waals surface area contributed by atoms with Gasteiger partial charge in [0.05, 0.1) is 15.5 Å². The zero-order valence-electron chi connectivity index (χ0n) is 26.5. The van der Waals surface area contributed by atoms with Gasteiger partial charge in [0.1, 0.15) is 5.69 Å². The van der Waals surface area contributed by atoms with Crippen molar-refractivity contribution in [3.63, 3.8) is 0 Å². The molecule has 16 heteroatoms. The summed E-state index contributed by atoms with van der Waals surface area (Å²) in [4.78, 5) is 40.2. The van der Waals surface area contributed by atoms with Gasteiger partial charge >= 0.3 is 12.1 Å². The van der Waals surface area contributed by atoms with Crippen LogP contribution in [-0.2, 0) is 34.4 Å².